The van der Waals surface area contributed by atoms with Gasteiger partial charge in [0.25, 0.3) is 5.91 Å². The molecule has 1 heterocycles. The molecule has 0 aromatic heterocycles. The summed E-state index contributed by atoms with van der Waals surface area (Å²) in [6, 6.07) is 7.96. The molecule has 0 unspecified atom stereocenters. The van der Waals surface area contributed by atoms with E-state index in [0.717, 1.165) is 31.2 Å². The normalized spacial score (nSPS) is 27.8. The van der Waals surface area contributed by atoms with E-state index in [1.807, 2.05) is 12.1 Å². The Hall–Kier alpha value is -1.84. The van der Waals surface area contributed by atoms with Crippen molar-refractivity contribution in [1.29, 1.82) is 0 Å². The van der Waals surface area contributed by atoms with Crippen molar-refractivity contribution < 1.29 is 9.59 Å². The predicted octanol–water partition coefficient (Wildman–Crippen LogP) is 3.81. The third-order valence-electron chi connectivity index (χ3n) is 5.49. The van der Waals surface area contributed by atoms with Crippen LogP contribution in [0.1, 0.15) is 63.5 Å². The molecule has 1 aliphatic carbocycles. The van der Waals surface area contributed by atoms with Crippen molar-refractivity contribution in [2.45, 2.75) is 64.5 Å². The van der Waals surface area contributed by atoms with Crippen molar-refractivity contribution in [1.82, 2.24) is 10.2 Å². The van der Waals surface area contributed by atoms with Gasteiger partial charge in [-0.3, -0.25) is 9.69 Å². The van der Waals surface area contributed by atoms with Gasteiger partial charge in [-0.25, -0.2) is 4.79 Å². The monoisotopic (exact) mass is 314 g/mol. The van der Waals surface area contributed by atoms with Crippen LogP contribution in [0.4, 0.5) is 4.79 Å². The molecule has 1 aromatic rings. The molecule has 4 nitrogen and oxygen atoms in total. The quantitative estimate of drug-likeness (QED) is 0.862. The zero-order valence-electron chi connectivity index (χ0n) is 14.3. The fourth-order valence-electron chi connectivity index (χ4n) is 3.83. The summed E-state index contributed by atoms with van der Waals surface area (Å²) >= 11 is 0. The van der Waals surface area contributed by atoms with Crippen molar-refractivity contribution in [2.75, 3.05) is 0 Å². The van der Waals surface area contributed by atoms with E-state index in [4.69, 9.17) is 0 Å². The number of carbonyl (C=O) groups excluding carboxylic acids is 2. The number of nitrogens with zero attached hydrogens (tertiary/aromatic N) is 1. The molecule has 2 atom stereocenters. The Labute approximate surface area is 138 Å². The van der Waals surface area contributed by atoms with E-state index in [9.17, 15) is 9.59 Å². The van der Waals surface area contributed by atoms with E-state index in [2.05, 4.69) is 38.2 Å². The van der Waals surface area contributed by atoms with E-state index in [1.54, 1.807) is 0 Å². The lowest BCUT2D eigenvalue weighted by molar-refractivity contribution is -0.134. The highest BCUT2D eigenvalue weighted by Gasteiger charge is 2.54. The summed E-state index contributed by atoms with van der Waals surface area (Å²) in [6.07, 6.45) is 3.92. The zero-order valence-corrected chi connectivity index (χ0v) is 14.3. The van der Waals surface area contributed by atoms with Gasteiger partial charge in [0.15, 0.2) is 0 Å². The highest BCUT2D eigenvalue weighted by molar-refractivity contribution is 6.07. The third-order valence-corrected chi connectivity index (χ3v) is 5.49. The van der Waals surface area contributed by atoms with Gasteiger partial charge in [-0.15, -0.1) is 0 Å². The van der Waals surface area contributed by atoms with Crippen molar-refractivity contribution in [3.63, 3.8) is 0 Å². The van der Waals surface area contributed by atoms with Gasteiger partial charge in [-0.2, -0.15) is 0 Å². The average Bonchev–Trinajstić information content (AvgIpc) is 2.76. The molecule has 0 radical (unpaired) electrons. The van der Waals surface area contributed by atoms with Crippen LogP contribution in [-0.4, -0.2) is 22.4 Å². The highest BCUT2D eigenvalue weighted by Crippen LogP contribution is 2.38. The lowest BCUT2D eigenvalue weighted by atomic mass is 9.73. The van der Waals surface area contributed by atoms with E-state index in [1.165, 1.54) is 10.5 Å². The molecule has 1 aliphatic heterocycles. The number of rotatable bonds is 3. The Bertz CT molecular complexity index is 608. The maximum Gasteiger partial charge on any atom is 0.325 e. The lowest BCUT2D eigenvalue weighted by Gasteiger charge is -2.36. The minimum absolute atomic E-state index is 0.0392. The smallest absolute Gasteiger partial charge is 0.323 e. The molecule has 1 spiro atoms. The molecule has 1 saturated carbocycles. The summed E-state index contributed by atoms with van der Waals surface area (Å²) in [4.78, 5) is 26.7. The van der Waals surface area contributed by atoms with Gasteiger partial charge in [0.1, 0.15) is 5.54 Å². The molecule has 1 saturated heterocycles. The second kappa shape index (κ2) is 5.99. The maximum atomic E-state index is 12.9. The number of amides is 3. The van der Waals surface area contributed by atoms with Crippen molar-refractivity contribution in [2.24, 2.45) is 5.92 Å². The van der Waals surface area contributed by atoms with E-state index < -0.39 is 5.54 Å². The molecule has 2 aliphatic rings. The van der Waals surface area contributed by atoms with E-state index >= 15 is 0 Å². The first-order chi connectivity index (χ1) is 10.9. The molecule has 1 N–H and O–H groups in total. The van der Waals surface area contributed by atoms with Crippen molar-refractivity contribution >= 4 is 11.9 Å². The summed E-state index contributed by atoms with van der Waals surface area (Å²) in [7, 11) is 0. The summed E-state index contributed by atoms with van der Waals surface area (Å²) in [6.45, 7) is 6.75. The molecule has 3 rings (SSSR count). The molecule has 23 heavy (non-hydrogen) atoms. The third kappa shape index (κ3) is 2.75. The van der Waals surface area contributed by atoms with Crippen LogP contribution in [0.25, 0.3) is 0 Å². The standard InChI is InChI=1S/C19H26N2O2/c1-13(2)16-9-7-15(8-10-16)12-21-17(22)19(20-18(21)23)11-5-4-6-14(19)3/h7-10,13-14H,4-6,11-12H2,1-3H3,(H,20,23)/t14-,19-/m0/s1. The number of hydrogen-bond donors (Lipinski definition) is 1. The summed E-state index contributed by atoms with van der Waals surface area (Å²) < 4.78 is 0. The Morgan fingerprint density at radius 2 is 1.91 bits per heavy atom. The molecule has 2 fully saturated rings. The summed E-state index contributed by atoms with van der Waals surface area (Å²) in [5.41, 5.74) is 1.61. The molecule has 4 heteroatoms. The fraction of sp³-hybridized carbons (Fsp3) is 0.579. The highest BCUT2D eigenvalue weighted by atomic mass is 16.2. The van der Waals surface area contributed by atoms with Gasteiger partial charge in [0, 0.05) is 0 Å². The van der Waals surface area contributed by atoms with Crippen LogP contribution in [0, 0.1) is 5.92 Å². The predicted molar refractivity (Wildman–Crippen MR) is 90.0 cm³/mol. The minimum atomic E-state index is -0.660. The average molecular weight is 314 g/mol. The van der Waals surface area contributed by atoms with Crippen LogP contribution < -0.4 is 5.32 Å². The molecular weight excluding hydrogens is 288 g/mol. The van der Waals surface area contributed by atoms with Crippen molar-refractivity contribution in [3.8, 4) is 0 Å². The minimum Gasteiger partial charge on any atom is -0.323 e. The van der Waals surface area contributed by atoms with E-state index in [-0.39, 0.29) is 17.9 Å². The summed E-state index contributed by atoms with van der Waals surface area (Å²) in [5.74, 6) is 0.649. The van der Waals surface area contributed by atoms with Gasteiger partial charge in [0.05, 0.1) is 6.54 Å². The van der Waals surface area contributed by atoms with Crippen LogP contribution >= 0.6 is 0 Å². The number of nitrogens with one attached hydrogen (secondary N) is 1. The Morgan fingerprint density at radius 3 is 2.52 bits per heavy atom. The molecule has 124 valence electrons. The van der Waals surface area contributed by atoms with Gasteiger partial charge in [-0.1, -0.05) is 57.9 Å². The first kappa shape index (κ1) is 16.0. The molecule has 3 amide bonds. The maximum absolute atomic E-state index is 12.9. The first-order valence-corrected chi connectivity index (χ1v) is 8.67. The van der Waals surface area contributed by atoms with Gasteiger partial charge in [-0.05, 0) is 35.8 Å². The molecule has 1 aromatic carbocycles. The zero-order chi connectivity index (χ0) is 16.6. The second-order valence-electron chi connectivity index (χ2n) is 7.34. The number of urea groups is 1. The Balaban J connectivity index is 1.78. The van der Waals surface area contributed by atoms with Gasteiger partial charge >= 0.3 is 6.03 Å². The van der Waals surface area contributed by atoms with E-state index in [0.29, 0.717) is 12.5 Å². The van der Waals surface area contributed by atoms with Crippen LogP contribution in [0.15, 0.2) is 24.3 Å². The first-order valence-electron chi connectivity index (χ1n) is 8.67. The largest absolute Gasteiger partial charge is 0.325 e. The SMILES string of the molecule is CC(C)c1ccc(CN2C(=O)N[C@]3(CCCC[C@@H]3C)C2=O)cc1. The van der Waals surface area contributed by atoms with Crippen LogP contribution in [0.2, 0.25) is 0 Å². The number of hydrogen-bond acceptors (Lipinski definition) is 2. The van der Waals surface area contributed by atoms with Crippen LogP contribution in [-0.2, 0) is 11.3 Å². The second-order valence-corrected chi connectivity index (χ2v) is 7.34. The number of carbonyl (C=O) groups is 2. The van der Waals surface area contributed by atoms with Gasteiger partial charge in [0.2, 0.25) is 0 Å². The fourth-order valence-corrected chi connectivity index (χ4v) is 3.83. The van der Waals surface area contributed by atoms with Crippen molar-refractivity contribution in [3.05, 3.63) is 35.4 Å². The van der Waals surface area contributed by atoms with Crippen LogP contribution in [0.3, 0.4) is 0 Å². The molecular formula is C19H26N2O2. The topological polar surface area (TPSA) is 49.4 Å². The summed E-state index contributed by atoms with van der Waals surface area (Å²) in [5, 5.41) is 3.01. The number of imide groups is 1. The molecule has 0 bridgehead atoms. The van der Waals surface area contributed by atoms with Crippen LogP contribution in [0.5, 0.6) is 0 Å². The Morgan fingerprint density at radius 1 is 1.22 bits per heavy atom. The lowest BCUT2D eigenvalue weighted by Crippen LogP contribution is -2.53. The van der Waals surface area contributed by atoms with Gasteiger partial charge < -0.3 is 5.32 Å². The Kier molecular flexibility index (Phi) is 4.17. The number of benzene rings is 1.